The number of aromatic nitrogens is 4. The van der Waals surface area contributed by atoms with E-state index in [1.165, 1.54) is 17.9 Å². The Morgan fingerprint density at radius 3 is 3.17 bits per heavy atom. The van der Waals surface area contributed by atoms with Gasteiger partial charge in [-0.05, 0) is 18.6 Å². The third-order valence-electron chi connectivity index (χ3n) is 3.88. The van der Waals surface area contributed by atoms with Crippen LogP contribution in [-0.2, 0) is 0 Å². The third-order valence-corrected chi connectivity index (χ3v) is 4.47. The van der Waals surface area contributed by atoms with Crippen LogP contribution in [0.5, 0.6) is 0 Å². The van der Waals surface area contributed by atoms with Gasteiger partial charge < -0.3 is 10.2 Å². The fraction of sp³-hybridized carbons (Fsp3) is 0.267. The summed E-state index contributed by atoms with van der Waals surface area (Å²) in [5.41, 5.74) is 1.20. The SMILES string of the molecule is O=C(c1ccc2ccncc2n1)N1CC[C@H](Nc2ncns2)C1. The van der Waals surface area contributed by atoms with Crippen LogP contribution in [0.1, 0.15) is 16.9 Å². The molecule has 23 heavy (non-hydrogen) atoms. The van der Waals surface area contributed by atoms with E-state index in [1.807, 2.05) is 17.0 Å². The number of nitrogens with zero attached hydrogens (tertiary/aromatic N) is 5. The number of hydrogen-bond donors (Lipinski definition) is 1. The molecule has 1 amide bonds. The quantitative estimate of drug-likeness (QED) is 0.790. The minimum Gasteiger partial charge on any atom is -0.356 e. The minimum absolute atomic E-state index is 0.0442. The second-order valence-corrected chi connectivity index (χ2v) is 6.17. The van der Waals surface area contributed by atoms with Gasteiger partial charge in [0, 0.05) is 42.2 Å². The van der Waals surface area contributed by atoms with Crippen LogP contribution in [-0.4, -0.2) is 49.3 Å². The van der Waals surface area contributed by atoms with Crippen molar-refractivity contribution in [3.63, 3.8) is 0 Å². The zero-order valence-electron chi connectivity index (χ0n) is 12.2. The van der Waals surface area contributed by atoms with Gasteiger partial charge in [-0.15, -0.1) is 0 Å². The molecule has 1 fully saturated rings. The van der Waals surface area contributed by atoms with E-state index >= 15 is 0 Å². The van der Waals surface area contributed by atoms with E-state index < -0.39 is 0 Å². The molecular weight excluding hydrogens is 312 g/mol. The first kappa shape index (κ1) is 14.0. The molecule has 7 nitrogen and oxygen atoms in total. The van der Waals surface area contributed by atoms with Gasteiger partial charge in [0.1, 0.15) is 12.0 Å². The third kappa shape index (κ3) is 2.85. The highest BCUT2D eigenvalue weighted by Crippen LogP contribution is 2.19. The largest absolute Gasteiger partial charge is 0.356 e. The Morgan fingerprint density at radius 2 is 2.30 bits per heavy atom. The Balaban J connectivity index is 1.48. The van der Waals surface area contributed by atoms with Crippen molar-refractivity contribution in [2.24, 2.45) is 0 Å². The molecule has 3 aromatic heterocycles. The second-order valence-electron chi connectivity index (χ2n) is 5.39. The second kappa shape index (κ2) is 5.88. The number of nitrogens with one attached hydrogen (secondary N) is 1. The maximum atomic E-state index is 12.6. The molecule has 0 bridgehead atoms. The molecule has 0 saturated carbocycles. The number of likely N-dealkylation sites (tertiary alicyclic amines) is 1. The molecule has 1 aliphatic heterocycles. The van der Waals surface area contributed by atoms with Gasteiger partial charge in [0.2, 0.25) is 5.13 Å². The van der Waals surface area contributed by atoms with E-state index in [0.717, 1.165) is 22.5 Å². The summed E-state index contributed by atoms with van der Waals surface area (Å²) in [6.45, 7) is 1.35. The highest BCUT2D eigenvalue weighted by atomic mass is 32.1. The summed E-state index contributed by atoms with van der Waals surface area (Å²) in [6.07, 6.45) is 5.81. The van der Waals surface area contributed by atoms with Gasteiger partial charge in [0.15, 0.2) is 0 Å². The molecule has 0 aromatic carbocycles. The molecule has 0 spiro atoms. The van der Waals surface area contributed by atoms with E-state index in [-0.39, 0.29) is 11.9 Å². The lowest BCUT2D eigenvalue weighted by molar-refractivity contribution is 0.0786. The number of rotatable bonds is 3. The Kier molecular flexibility index (Phi) is 3.58. The average molecular weight is 326 g/mol. The predicted molar refractivity (Wildman–Crippen MR) is 87.4 cm³/mol. The fourth-order valence-corrected chi connectivity index (χ4v) is 3.23. The summed E-state index contributed by atoms with van der Waals surface area (Å²) in [7, 11) is 0. The summed E-state index contributed by atoms with van der Waals surface area (Å²) in [6, 6.07) is 5.77. The number of hydrogen-bond acceptors (Lipinski definition) is 7. The molecular formula is C15H14N6OS. The van der Waals surface area contributed by atoms with E-state index in [9.17, 15) is 4.79 Å². The summed E-state index contributed by atoms with van der Waals surface area (Å²) >= 11 is 1.32. The molecule has 0 unspecified atom stereocenters. The van der Waals surface area contributed by atoms with E-state index in [4.69, 9.17) is 0 Å². The van der Waals surface area contributed by atoms with E-state index in [2.05, 4.69) is 24.6 Å². The van der Waals surface area contributed by atoms with Crippen LogP contribution < -0.4 is 5.32 Å². The van der Waals surface area contributed by atoms with Gasteiger partial charge in [0.25, 0.3) is 5.91 Å². The summed E-state index contributed by atoms with van der Waals surface area (Å²) < 4.78 is 3.97. The molecule has 8 heteroatoms. The highest BCUT2D eigenvalue weighted by Gasteiger charge is 2.28. The molecule has 0 aliphatic carbocycles. The predicted octanol–water partition coefficient (Wildman–Crippen LogP) is 1.81. The molecule has 4 heterocycles. The maximum absolute atomic E-state index is 12.6. The van der Waals surface area contributed by atoms with Crippen LogP contribution in [0, 0.1) is 0 Å². The number of amides is 1. The molecule has 116 valence electrons. The van der Waals surface area contributed by atoms with E-state index in [0.29, 0.717) is 18.8 Å². The first-order valence-corrected chi connectivity index (χ1v) is 8.10. The number of carbonyl (C=O) groups is 1. The first-order chi connectivity index (χ1) is 11.3. The summed E-state index contributed by atoms with van der Waals surface area (Å²) in [5.74, 6) is -0.0442. The Morgan fingerprint density at radius 1 is 1.35 bits per heavy atom. The molecule has 0 radical (unpaired) electrons. The molecule has 4 rings (SSSR count). The van der Waals surface area contributed by atoms with E-state index in [1.54, 1.807) is 18.5 Å². The number of carbonyl (C=O) groups excluding carboxylic acids is 1. The van der Waals surface area contributed by atoms with Crippen LogP contribution in [0.2, 0.25) is 0 Å². The van der Waals surface area contributed by atoms with Gasteiger partial charge in [-0.2, -0.15) is 4.37 Å². The number of fused-ring (bicyclic) bond motifs is 1. The lowest BCUT2D eigenvalue weighted by atomic mass is 10.2. The average Bonchev–Trinajstić information content (AvgIpc) is 3.26. The number of anilines is 1. The van der Waals surface area contributed by atoms with Crippen molar-refractivity contribution in [3.05, 3.63) is 42.6 Å². The summed E-state index contributed by atoms with van der Waals surface area (Å²) in [5, 5.41) is 5.08. The van der Waals surface area contributed by atoms with Crippen LogP contribution in [0.25, 0.3) is 10.9 Å². The van der Waals surface area contributed by atoms with Crippen LogP contribution in [0.3, 0.4) is 0 Å². The zero-order chi connectivity index (χ0) is 15.6. The molecule has 1 saturated heterocycles. The normalized spacial score (nSPS) is 17.6. The fourth-order valence-electron chi connectivity index (χ4n) is 2.72. The van der Waals surface area contributed by atoms with Crippen LogP contribution >= 0.6 is 11.5 Å². The van der Waals surface area contributed by atoms with Gasteiger partial charge >= 0.3 is 0 Å². The van der Waals surface area contributed by atoms with Crippen LogP contribution in [0.4, 0.5) is 5.13 Å². The highest BCUT2D eigenvalue weighted by molar-refractivity contribution is 7.09. The molecule has 3 aromatic rings. The van der Waals surface area contributed by atoms with Crippen molar-refractivity contribution in [1.82, 2.24) is 24.2 Å². The van der Waals surface area contributed by atoms with Crippen LogP contribution in [0.15, 0.2) is 36.9 Å². The molecule has 1 atom stereocenters. The van der Waals surface area contributed by atoms with Crippen molar-refractivity contribution in [2.75, 3.05) is 18.4 Å². The lowest BCUT2D eigenvalue weighted by Gasteiger charge is -2.16. The van der Waals surface area contributed by atoms with Gasteiger partial charge in [-0.25, -0.2) is 9.97 Å². The number of pyridine rings is 2. The minimum atomic E-state index is -0.0442. The standard InChI is InChI=1S/C15H14N6OS/c22-14(12-2-1-10-3-5-16-7-13(10)20-12)21-6-4-11(8-21)19-15-17-9-18-23-15/h1-3,5,7,9,11H,4,6,8H2,(H,17,18,19)/t11-/m0/s1. The molecule has 1 N–H and O–H groups in total. The maximum Gasteiger partial charge on any atom is 0.272 e. The molecule has 1 aliphatic rings. The first-order valence-electron chi connectivity index (χ1n) is 7.33. The van der Waals surface area contributed by atoms with Crippen molar-refractivity contribution >= 4 is 33.5 Å². The Hall–Kier alpha value is -2.61. The van der Waals surface area contributed by atoms with Crippen molar-refractivity contribution in [1.29, 1.82) is 0 Å². The lowest BCUT2D eigenvalue weighted by Crippen LogP contribution is -2.32. The van der Waals surface area contributed by atoms with Gasteiger partial charge in [-0.1, -0.05) is 6.07 Å². The monoisotopic (exact) mass is 326 g/mol. The smallest absolute Gasteiger partial charge is 0.272 e. The van der Waals surface area contributed by atoms with Gasteiger partial charge in [-0.3, -0.25) is 9.78 Å². The summed E-state index contributed by atoms with van der Waals surface area (Å²) in [4.78, 5) is 27.0. The van der Waals surface area contributed by atoms with Crippen molar-refractivity contribution in [2.45, 2.75) is 12.5 Å². The topological polar surface area (TPSA) is 83.9 Å². The Labute approximate surface area is 136 Å². The van der Waals surface area contributed by atoms with Crippen molar-refractivity contribution < 1.29 is 4.79 Å². The zero-order valence-corrected chi connectivity index (χ0v) is 13.0. The van der Waals surface area contributed by atoms with Crippen molar-refractivity contribution in [3.8, 4) is 0 Å². The Bertz CT molecular complexity index is 837. The van der Waals surface area contributed by atoms with Gasteiger partial charge in [0.05, 0.1) is 11.7 Å².